The maximum Gasteiger partial charge on any atom is 0.172 e. The first-order chi connectivity index (χ1) is 6.69. The van der Waals surface area contributed by atoms with E-state index in [4.69, 9.17) is 9.94 Å². The lowest BCUT2D eigenvalue weighted by Gasteiger charge is -2.09. The number of hydrogen-bond donors (Lipinski definition) is 3. The molecule has 3 N–H and O–H groups in total. The van der Waals surface area contributed by atoms with Gasteiger partial charge in [-0.05, 0) is 40.5 Å². The molecule has 1 aromatic carbocycles. The number of halogens is 1. The molecule has 1 rings (SSSR count). The van der Waals surface area contributed by atoms with Crippen LogP contribution in [0.2, 0.25) is 0 Å². The summed E-state index contributed by atoms with van der Waals surface area (Å²) in [6.07, 6.45) is 0. The third-order valence-electron chi connectivity index (χ3n) is 1.67. The predicted molar refractivity (Wildman–Crippen MR) is 55.6 cm³/mol. The number of aromatic hydroxyl groups is 1. The SMILES string of the molecule is CCOc1cc(CNO)cc(Br)c1O. The van der Waals surface area contributed by atoms with Crippen LogP contribution in [0.4, 0.5) is 0 Å². The maximum absolute atomic E-state index is 9.57. The Morgan fingerprint density at radius 2 is 2.21 bits per heavy atom. The second kappa shape index (κ2) is 5.19. The molecule has 14 heavy (non-hydrogen) atoms. The molecule has 0 amide bonds. The van der Waals surface area contributed by atoms with E-state index in [2.05, 4.69) is 15.9 Å². The fourth-order valence-corrected chi connectivity index (χ4v) is 1.58. The molecule has 4 nitrogen and oxygen atoms in total. The molecule has 0 radical (unpaired) electrons. The third-order valence-corrected chi connectivity index (χ3v) is 2.28. The van der Waals surface area contributed by atoms with Gasteiger partial charge in [0, 0.05) is 6.54 Å². The summed E-state index contributed by atoms with van der Waals surface area (Å²) in [5.41, 5.74) is 2.86. The molecule has 0 aliphatic carbocycles. The Labute approximate surface area is 90.6 Å². The van der Waals surface area contributed by atoms with Crippen molar-refractivity contribution < 1.29 is 15.1 Å². The summed E-state index contributed by atoms with van der Waals surface area (Å²) in [7, 11) is 0. The van der Waals surface area contributed by atoms with Crippen LogP contribution in [-0.4, -0.2) is 16.9 Å². The Morgan fingerprint density at radius 1 is 1.50 bits per heavy atom. The molecule has 0 heterocycles. The van der Waals surface area contributed by atoms with E-state index in [9.17, 15) is 5.11 Å². The van der Waals surface area contributed by atoms with E-state index in [1.807, 2.05) is 12.4 Å². The van der Waals surface area contributed by atoms with Crippen molar-refractivity contribution in [2.45, 2.75) is 13.5 Å². The van der Waals surface area contributed by atoms with E-state index < -0.39 is 0 Å². The Morgan fingerprint density at radius 3 is 2.79 bits per heavy atom. The molecule has 0 aromatic heterocycles. The fraction of sp³-hybridized carbons (Fsp3) is 0.333. The number of nitrogens with one attached hydrogen (secondary N) is 1. The molecule has 0 unspecified atom stereocenters. The first kappa shape index (κ1) is 11.3. The van der Waals surface area contributed by atoms with E-state index in [0.717, 1.165) is 5.56 Å². The van der Waals surface area contributed by atoms with Crippen LogP contribution in [0.5, 0.6) is 11.5 Å². The average molecular weight is 262 g/mol. The number of phenols is 1. The molecule has 0 spiro atoms. The summed E-state index contributed by atoms with van der Waals surface area (Å²) in [5.74, 6) is 0.487. The van der Waals surface area contributed by atoms with Gasteiger partial charge in [0.15, 0.2) is 11.5 Å². The molecular formula is C9H12BrNO3. The van der Waals surface area contributed by atoms with E-state index in [1.54, 1.807) is 12.1 Å². The summed E-state index contributed by atoms with van der Waals surface area (Å²) in [4.78, 5) is 0. The second-order valence-corrected chi connectivity index (χ2v) is 3.55. The molecule has 0 saturated carbocycles. The summed E-state index contributed by atoms with van der Waals surface area (Å²) in [6, 6.07) is 3.38. The zero-order valence-corrected chi connectivity index (χ0v) is 9.34. The van der Waals surface area contributed by atoms with Gasteiger partial charge in [-0.15, -0.1) is 0 Å². The van der Waals surface area contributed by atoms with Gasteiger partial charge < -0.3 is 15.1 Å². The first-order valence-electron chi connectivity index (χ1n) is 4.20. The minimum Gasteiger partial charge on any atom is -0.503 e. The van der Waals surface area contributed by atoms with Crippen molar-refractivity contribution in [3.8, 4) is 11.5 Å². The highest BCUT2D eigenvalue weighted by molar-refractivity contribution is 9.10. The van der Waals surface area contributed by atoms with Crippen LogP contribution in [0.25, 0.3) is 0 Å². The maximum atomic E-state index is 9.57. The minimum absolute atomic E-state index is 0.0774. The summed E-state index contributed by atoms with van der Waals surface area (Å²) in [5, 5.41) is 18.1. The monoisotopic (exact) mass is 261 g/mol. The van der Waals surface area contributed by atoms with Crippen molar-refractivity contribution >= 4 is 15.9 Å². The largest absolute Gasteiger partial charge is 0.503 e. The van der Waals surface area contributed by atoms with Gasteiger partial charge in [0.1, 0.15) is 0 Å². The average Bonchev–Trinajstić information content (AvgIpc) is 2.14. The van der Waals surface area contributed by atoms with Crippen LogP contribution >= 0.6 is 15.9 Å². The molecular weight excluding hydrogens is 250 g/mol. The quantitative estimate of drug-likeness (QED) is 0.726. The highest BCUT2D eigenvalue weighted by atomic mass is 79.9. The molecule has 0 aliphatic rings. The van der Waals surface area contributed by atoms with E-state index >= 15 is 0 Å². The van der Waals surface area contributed by atoms with Crippen LogP contribution in [-0.2, 0) is 6.54 Å². The molecule has 1 aromatic rings. The van der Waals surface area contributed by atoms with Gasteiger partial charge in [-0.1, -0.05) is 0 Å². The number of benzene rings is 1. The van der Waals surface area contributed by atoms with Crippen molar-refractivity contribution in [1.82, 2.24) is 5.48 Å². The van der Waals surface area contributed by atoms with Crippen LogP contribution in [0.1, 0.15) is 12.5 Å². The van der Waals surface area contributed by atoms with E-state index in [0.29, 0.717) is 23.4 Å². The summed E-state index contributed by atoms with van der Waals surface area (Å²) < 4.78 is 5.76. The van der Waals surface area contributed by atoms with E-state index in [1.165, 1.54) is 0 Å². The third kappa shape index (κ3) is 2.60. The fourth-order valence-electron chi connectivity index (χ4n) is 1.09. The Bertz CT molecular complexity index is 317. The van der Waals surface area contributed by atoms with Crippen LogP contribution in [0.3, 0.4) is 0 Å². The van der Waals surface area contributed by atoms with Crippen LogP contribution in [0, 0.1) is 0 Å². The molecule has 0 atom stereocenters. The van der Waals surface area contributed by atoms with Gasteiger partial charge in [-0.25, -0.2) is 5.48 Å². The van der Waals surface area contributed by atoms with Crippen molar-refractivity contribution in [1.29, 1.82) is 0 Å². The number of hydrogen-bond acceptors (Lipinski definition) is 4. The van der Waals surface area contributed by atoms with Crippen molar-refractivity contribution in [2.24, 2.45) is 0 Å². The van der Waals surface area contributed by atoms with Gasteiger partial charge >= 0.3 is 0 Å². The standard InChI is InChI=1S/C9H12BrNO3/c1-2-14-8-4-6(5-11-13)3-7(10)9(8)12/h3-4,11-13H,2,5H2,1H3. The Hall–Kier alpha value is -0.780. The lowest BCUT2D eigenvalue weighted by atomic mass is 10.2. The summed E-state index contributed by atoms with van der Waals surface area (Å²) in [6.45, 7) is 2.62. The number of phenolic OH excluding ortho intramolecular Hbond substituents is 1. The highest BCUT2D eigenvalue weighted by Crippen LogP contribution is 2.35. The lowest BCUT2D eigenvalue weighted by Crippen LogP contribution is -2.06. The lowest BCUT2D eigenvalue weighted by molar-refractivity contribution is 0.161. The minimum atomic E-state index is 0.0774. The Balaban J connectivity index is 3.01. The second-order valence-electron chi connectivity index (χ2n) is 2.69. The van der Waals surface area contributed by atoms with Gasteiger partial charge in [-0.3, -0.25) is 0 Å². The van der Waals surface area contributed by atoms with Crippen LogP contribution < -0.4 is 10.2 Å². The predicted octanol–water partition coefficient (Wildman–Crippen LogP) is 2.03. The molecule has 0 bridgehead atoms. The van der Waals surface area contributed by atoms with Gasteiger partial charge in [0.05, 0.1) is 11.1 Å². The molecule has 5 heteroatoms. The highest BCUT2D eigenvalue weighted by Gasteiger charge is 2.08. The van der Waals surface area contributed by atoms with Gasteiger partial charge in [0.25, 0.3) is 0 Å². The van der Waals surface area contributed by atoms with Gasteiger partial charge in [-0.2, -0.15) is 0 Å². The Kier molecular flexibility index (Phi) is 4.19. The van der Waals surface area contributed by atoms with Crippen molar-refractivity contribution in [2.75, 3.05) is 6.61 Å². The van der Waals surface area contributed by atoms with Gasteiger partial charge in [0.2, 0.25) is 0 Å². The zero-order valence-electron chi connectivity index (χ0n) is 7.75. The van der Waals surface area contributed by atoms with E-state index in [-0.39, 0.29) is 5.75 Å². The van der Waals surface area contributed by atoms with Crippen LogP contribution in [0.15, 0.2) is 16.6 Å². The molecule has 0 fully saturated rings. The molecule has 78 valence electrons. The molecule has 0 saturated heterocycles. The topological polar surface area (TPSA) is 61.7 Å². The van der Waals surface area contributed by atoms with Crippen molar-refractivity contribution in [3.63, 3.8) is 0 Å². The van der Waals surface area contributed by atoms with Crippen molar-refractivity contribution in [3.05, 3.63) is 22.2 Å². The zero-order chi connectivity index (χ0) is 10.6. The summed E-state index contributed by atoms with van der Waals surface area (Å²) >= 11 is 3.20. The first-order valence-corrected chi connectivity index (χ1v) is 4.99. The molecule has 0 aliphatic heterocycles. The number of rotatable bonds is 4. The number of ether oxygens (including phenoxy) is 1. The smallest absolute Gasteiger partial charge is 0.172 e. The normalized spacial score (nSPS) is 10.2. The number of hydroxylamine groups is 1.